The molecule has 1 aromatic rings. The van der Waals surface area contributed by atoms with Crippen molar-refractivity contribution in [1.29, 1.82) is 0 Å². The number of hydrogen-bond acceptors (Lipinski definition) is 4. The number of benzene rings is 1. The molecule has 0 saturated carbocycles. The normalized spacial score (nSPS) is 18.7. The Bertz CT molecular complexity index is 734. The largest absolute Gasteiger partial charge is 0.491 e. The van der Waals surface area contributed by atoms with E-state index in [1.165, 1.54) is 22.7 Å². The van der Waals surface area contributed by atoms with Gasteiger partial charge in [-0.25, -0.2) is 0 Å². The summed E-state index contributed by atoms with van der Waals surface area (Å²) in [6, 6.07) is 6.01. The van der Waals surface area contributed by atoms with E-state index in [0.717, 1.165) is 16.9 Å². The average Bonchev–Trinajstić information content (AvgIpc) is 2.61. The van der Waals surface area contributed by atoms with E-state index < -0.39 is 10.2 Å². The van der Waals surface area contributed by atoms with Crippen LogP contribution in [0.2, 0.25) is 0 Å². The van der Waals surface area contributed by atoms with Crippen LogP contribution in [0.4, 0.5) is 0 Å². The molecule has 1 atom stereocenters. The van der Waals surface area contributed by atoms with E-state index in [1.54, 1.807) is 0 Å². The molecule has 1 N–H and O–H groups in total. The number of hydrogen-bond donors (Lipinski definition) is 1. The minimum atomic E-state index is -3.47. The van der Waals surface area contributed by atoms with Crippen LogP contribution in [0.25, 0.3) is 0 Å². The number of rotatable bonds is 7. The van der Waals surface area contributed by atoms with Gasteiger partial charge in [-0.15, -0.1) is 0 Å². The first-order valence-electron chi connectivity index (χ1n) is 8.87. The molecule has 1 fully saturated rings. The van der Waals surface area contributed by atoms with Crippen LogP contribution in [0.3, 0.4) is 0 Å². The summed E-state index contributed by atoms with van der Waals surface area (Å²) in [4.78, 5) is 12.4. The van der Waals surface area contributed by atoms with Crippen molar-refractivity contribution in [3.05, 3.63) is 29.3 Å². The van der Waals surface area contributed by atoms with E-state index in [9.17, 15) is 13.2 Å². The predicted octanol–water partition coefficient (Wildman–Crippen LogP) is 1.32. The number of nitrogens with one attached hydrogen (secondary N) is 1. The van der Waals surface area contributed by atoms with E-state index in [-0.39, 0.29) is 18.4 Å². The molecule has 26 heavy (non-hydrogen) atoms. The third-order valence-corrected chi connectivity index (χ3v) is 6.45. The van der Waals surface area contributed by atoms with Crippen LogP contribution < -0.4 is 10.1 Å². The molecule has 1 heterocycles. The third kappa shape index (κ3) is 5.18. The van der Waals surface area contributed by atoms with Gasteiger partial charge in [-0.2, -0.15) is 17.0 Å². The Kier molecular flexibility index (Phi) is 7.02. The van der Waals surface area contributed by atoms with Crippen molar-refractivity contribution in [2.75, 3.05) is 40.3 Å². The van der Waals surface area contributed by atoms with Crippen molar-refractivity contribution in [3.8, 4) is 5.75 Å². The van der Waals surface area contributed by atoms with Gasteiger partial charge >= 0.3 is 0 Å². The van der Waals surface area contributed by atoms with Crippen molar-refractivity contribution in [2.45, 2.75) is 26.7 Å². The van der Waals surface area contributed by atoms with E-state index in [4.69, 9.17) is 4.74 Å². The lowest BCUT2D eigenvalue weighted by Crippen LogP contribution is -2.49. The summed E-state index contributed by atoms with van der Waals surface area (Å²) in [6.45, 7) is 5.44. The highest BCUT2D eigenvalue weighted by atomic mass is 32.2. The van der Waals surface area contributed by atoms with Crippen LogP contribution in [-0.2, 0) is 15.0 Å². The number of piperidine rings is 1. The van der Waals surface area contributed by atoms with Crippen molar-refractivity contribution in [1.82, 2.24) is 13.9 Å². The molecule has 1 aromatic carbocycles. The van der Waals surface area contributed by atoms with Gasteiger partial charge in [0.25, 0.3) is 10.2 Å². The van der Waals surface area contributed by atoms with Gasteiger partial charge in [0.2, 0.25) is 5.91 Å². The fourth-order valence-corrected chi connectivity index (χ4v) is 4.13. The van der Waals surface area contributed by atoms with Crippen LogP contribution in [0, 0.1) is 19.8 Å². The van der Waals surface area contributed by atoms with Crippen molar-refractivity contribution >= 4 is 16.1 Å². The number of aryl methyl sites for hydroxylation is 2. The molecule has 1 amide bonds. The van der Waals surface area contributed by atoms with Gasteiger partial charge in [0.1, 0.15) is 12.4 Å². The number of ether oxygens (including phenoxy) is 1. The second kappa shape index (κ2) is 8.83. The molecule has 1 aliphatic heterocycles. The highest BCUT2D eigenvalue weighted by Crippen LogP contribution is 2.21. The van der Waals surface area contributed by atoms with Gasteiger partial charge < -0.3 is 10.1 Å². The molecular weight excluding hydrogens is 354 g/mol. The molecule has 0 bridgehead atoms. The lowest BCUT2D eigenvalue weighted by atomic mass is 9.99. The summed E-state index contributed by atoms with van der Waals surface area (Å²) in [5, 5.41) is 2.86. The molecule has 2 rings (SSSR count). The Balaban J connectivity index is 1.81. The van der Waals surface area contributed by atoms with E-state index >= 15 is 0 Å². The Morgan fingerprint density at radius 2 is 2.08 bits per heavy atom. The van der Waals surface area contributed by atoms with Crippen molar-refractivity contribution in [3.63, 3.8) is 0 Å². The minimum Gasteiger partial charge on any atom is -0.491 e. The zero-order valence-electron chi connectivity index (χ0n) is 16.0. The molecule has 0 unspecified atom stereocenters. The first-order valence-corrected chi connectivity index (χ1v) is 10.3. The first-order chi connectivity index (χ1) is 12.2. The molecule has 8 heteroatoms. The second-order valence-electron chi connectivity index (χ2n) is 6.90. The SMILES string of the molecule is Cc1ccc(C)c(OCCNC(=O)[C@H]2CCCN(S(=O)(=O)N(C)C)C2)c1. The smallest absolute Gasteiger partial charge is 0.281 e. The highest BCUT2D eigenvalue weighted by molar-refractivity contribution is 7.86. The topological polar surface area (TPSA) is 79.0 Å². The number of amides is 1. The van der Waals surface area contributed by atoms with Crippen LogP contribution in [0.1, 0.15) is 24.0 Å². The number of carbonyl (C=O) groups excluding carboxylic acids is 1. The molecule has 1 saturated heterocycles. The Morgan fingerprint density at radius 3 is 2.77 bits per heavy atom. The Morgan fingerprint density at radius 1 is 1.35 bits per heavy atom. The van der Waals surface area contributed by atoms with Crippen LogP contribution >= 0.6 is 0 Å². The van der Waals surface area contributed by atoms with Crippen LogP contribution in [0.5, 0.6) is 5.75 Å². The van der Waals surface area contributed by atoms with Crippen molar-refractivity contribution < 1.29 is 17.9 Å². The molecule has 7 nitrogen and oxygen atoms in total. The van der Waals surface area contributed by atoms with Crippen LogP contribution in [-0.4, -0.2) is 63.3 Å². The van der Waals surface area contributed by atoms with Crippen LogP contribution in [0.15, 0.2) is 18.2 Å². The Hall–Kier alpha value is -1.64. The maximum atomic E-state index is 12.4. The summed E-state index contributed by atoms with van der Waals surface area (Å²) >= 11 is 0. The summed E-state index contributed by atoms with van der Waals surface area (Å²) in [5.74, 6) is 0.382. The molecule has 0 spiro atoms. The molecule has 0 aliphatic carbocycles. The maximum absolute atomic E-state index is 12.4. The summed E-state index contributed by atoms with van der Waals surface area (Å²) in [6.07, 6.45) is 1.38. The van der Waals surface area contributed by atoms with Gasteiger partial charge in [-0.3, -0.25) is 4.79 Å². The molecule has 0 aromatic heterocycles. The Labute approximate surface area is 156 Å². The molecule has 0 radical (unpaired) electrons. The first kappa shape index (κ1) is 20.7. The highest BCUT2D eigenvalue weighted by Gasteiger charge is 2.33. The van der Waals surface area contributed by atoms with Crippen molar-refractivity contribution in [2.24, 2.45) is 5.92 Å². The zero-order valence-corrected chi connectivity index (χ0v) is 16.8. The van der Waals surface area contributed by atoms with E-state index in [0.29, 0.717) is 32.5 Å². The molecular formula is C18H29N3O4S. The quantitative estimate of drug-likeness (QED) is 0.720. The summed E-state index contributed by atoms with van der Waals surface area (Å²) in [7, 11) is -0.467. The lowest BCUT2D eigenvalue weighted by molar-refractivity contribution is -0.126. The summed E-state index contributed by atoms with van der Waals surface area (Å²) < 4.78 is 32.8. The van der Waals surface area contributed by atoms with E-state index in [1.807, 2.05) is 32.0 Å². The summed E-state index contributed by atoms with van der Waals surface area (Å²) in [5.41, 5.74) is 2.18. The van der Waals surface area contributed by atoms with Gasteiger partial charge in [0.05, 0.1) is 12.5 Å². The third-order valence-electron chi connectivity index (χ3n) is 4.55. The fraction of sp³-hybridized carbons (Fsp3) is 0.611. The zero-order chi connectivity index (χ0) is 19.3. The standard InChI is InChI=1S/C18H29N3O4S/c1-14-7-8-15(2)17(12-14)25-11-9-19-18(22)16-6-5-10-21(13-16)26(23,24)20(3)4/h7-8,12,16H,5-6,9-11,13H2,1-4H3,(H,19,22)/t16-/m0/s1. The second-order valence-corrected chi connectivity index (χ2v) is 9.04. The monoisotopic (exact) mass is 383 g/mol. The number of nitrogens with zero attached hydrogens (tertiary/aromatic N) is 2. The lowest BCUT2D eigenvalue weighted by Gasteiger charge is -2.32. The fourth-order valence-electron chi connectivity index (χ4n) is 2.94. The average molecular weight is 384 g/mol. The van der Waals surface area contributed by atoms with E-state index in [2.05, 4.69) is 5.32 Å². The van der Waals surface area contributed by atoms with Gasteiger partial charge in [-0.1, -0.05) is 12.1 Å². The molecule has 1 aliphatic rings. The molecule has 146 valence electrons. The minimum absolute atomic E-state index is 0.117. The van der Waals surface area contributed by atoms with Gasteiger partial charge in [0, 0.05) is 27.2 Å². The number of carbonyl (C=O) groups is 1. The van der Waals surface area contributed by atoms with Gasteiger partial charge in [-0.05, 0) is 43.9 Å². The predicted molar refractivity (Wildman–Crippen MR) is 101 cm³/mol. The van der Waals surface area contributed by atoms with Gasteiger partial charge in [0.15, 0.2) is 0 Å². The maximum Gasteiger partial charge on any atom is 0.281 e.